The lowest BCUT2D eigenvalue weighted by atomic mass is 10.2. The third-order valence-corrected chi connectivity index (χ3v) is 2.97. The van der Waals surface area contributed by atoms with Gasteiger partial charge in [-0.05, 0) is 18.9 Å². The molecule has 3 N–H and O–H groups in total. The zero-order valence-electron chi connectivity index (χ0n) is 10.1. The van der Waals surface area contributed by atoms with Gasteiger partial charge in [-0.3, -0.25) is 0 Å². The summed E-state index contributed by atoms with van der Waals surface area (Å²) in [7, 11) is 1.71. The molecule has 0 heterocycles. The largest absolute Gasteiger partial charge is 0.409 e. The molecule has 5 heteroatoms. The zero-order chi connectivity index (χ0) is 11.8. The summed E-state index contributed by atoms with van der Waals surface area (Å²) >= 11 is 0. The first-order valence-electron chi connectivity index (χ1n) is 5.94. The minimum Gasteiger partial charge on any atom is -0.409 e. The Labute approximate surface area is 97.2 Å². The predicted octanol–water partition coefficient (Wildman–Crippen LogP) is 0.871. The number of hydrogen-bond acceptors (Lipinski definition) is 4. The molecular formula is C11H23N3O2. The fourth-order valence-electron chi connectivity index (χ4n) is 1.65. The summed E-state index contributed by atoms with van der Waals surface area (Å²) in [5.74, 6) is 1.24. The summed E-state index contributed by atoms with van der Waals surface area (Å²) in [6, 6.07) is 0. The minimum atomic E-state index is 0.300. The Balaban J connectivity index is 2.18. The molecule has 0 bridgehead atoms. The van der Waals surface area contributed by atoms with Gasteiger partial charge in [0.2, 0.25) is 0 Å². The van der Waals surface area contributed by atoms with Crippen molar-refractivity contribution < 1.29 is 9.94 Å². The highest BCUT2D eigenvalue weighted by atomic mass is 16.5. The topological polar surface area (TPSA) is 71.1 Å². The molecule has 0 aromatic carbocycles. The molecule has 94 valence electrons. The Morgan fingerprint density at radius 1 is 1.44 bits per heavy atom. The summed E-state index contributed by atoms with van der Waals surface area (Å²) in [6.07, 6.45) is 4.65. The van der Waals surface area contributed by atoms with Gasteiger partial charge < -0.3 is 20.6 Å². The summed E-state index contributed by atoms with van der Waals surface area (Å²) in [5, 5.41) is 11.5. The van der Waals surface area contributed by atoms with Crippen molar-refractivity contribution in [3.8, 4) is 0 Å². The minimum absolute atomic E-state index is 0.300. The molecule has 1 saturated carbocycles. The van der Waals surface area contributed by atoms with Crippen LogP contribution >= 0.6 is 0 Å². The first kappa shape index (κ1) is 13.3. The molecule has 0 amide bonds. The highest BCUT2D eigenvalue weighted by Crippen LogP contribution is 2.32. The third kappa shape index (κ3) is 5.92. The third-order valence-electron chi connectivity index (χ3n) is 2.97. The van der Waals surface area contributed by atoms with Gasteiger partial charge in [-0.2, -0.15) is 0 Å². The average Bonchev–Trinajstić information content (AvgIpc) is 3.11. The molecule has 0 aromatic rings. The Morgan fingerprint density at radius 2 is 2.19 bits per heavy atom. The van der Waals surface area contributed by atoms with Crippen LogP contribution in [-0.2, 0) is 4.74 Å². The van der Waals surface area contributed by atoms with E-state index >= 15 is 0 Å². The SMILES string of the molecule is COCCN(CCC(N)=NO)CCC1CC1. The summed E-state index contributed by atoms with van der Waals surface area (Å²) in [4.78, 5) is 2.32. The molecule has 1 rings (SSSR count). The zero-order valence-corrected chi connectivity index (χ0v) is 10.1. The van der Waals surface area contributed by atoms with Crippen molar-refractivity contribution in [2.45, 2.75) is 25.7 Å². The lowest BCUT2D eigenvalue weighted by Gasteiger charge is -2.21. The van der Waals surface area contributed by atoms with Crippen molar-refractivity contribution in [1.82, 2.24) is 4.90 Å². The number of methoxy groups -OCH3 is 1. The van der Waals surface area contributed by atoms with Gasteiger partial charge in [0.25, 0.3) is 0 Å². The van der Waals surface area contributed by atoms with Crippen LogP contribution in [0.1, 0.15) is 25.7 Å². The van der Waals surface area contributed by atoms with Gasteiger partial charge in [0.05, 0.1) is 6.61 Å². The molecule has 1 aliphatic carbocycles. The lowest BCUT2D eigenvalue weighted by Crippen LogP contribution is -2.32. The number of amidine groups is 1. The maximum Gasteiger partial charge on any atom is 0.140 e. The second-order valence-corrected chi connectivity index (χ2v) is 4.41. The molecule has 16 heavy (non-hydrogen) atoms. The second-order valence-electron chi connectivity index (χ2n) is 4.41. The van der Waals surface area contributed by atoms with E-state index in [-0.39, 0.29) is 0 Å². The van der Waals surface area contributed by atoms with E-state index in [1.165, 1.54) is 19.3 Å². The van der Waals surface area contributed by atoms with Crippen molar-refractivity contribution >= 4 is 5.84 Å². The maximum atomic E-state index is 8.47. The van der Waals surface area contributed by atoms with Gasteiger partial charge in [-0.1, -0.05) is 18.0 Å². The van der Waals surface area contributed by atoms with Crippen LogP contribution in [0.3, 0.4) is 0 Å². The Kier molecular flexibility index (Phi) is 6.18. The van der Waals surface area contributed by atoms with E-state index in [0.29, 0.717) is 12.3 Å². The van der Waals surface area contributed by atoms with Crippen LogP contribution in [0.25, 0.3) is 0 Å². The van der Waals surface area contributed by atoms with Gasteiger partial charge in [0.15, 0.2) is 0 Å². The summed E-state index contributed by atoms with van der Waals surface area (Å²) in [5.41, 5.74) is 5.46. The van der Waals surface area contributed by atoms with Gasteiger partial charge in [-0.15, -0.1) is 0 Å². The van der Waals surface area contributed by atoms with Gasteiger partial charge in [0.1, 0.15) is 5.84 Å². The molecule has 5 nitrogen and oxygen atoms in total. The molecule has 0 aromatic heterocycles. The number of hydrogen-bond donors (Lipinski definition) is 2. The molecule has 0 atom stereocenters. The van der Waals surface area contributed by atoms with Crippen molar-refractivity contribution in [1.29, 1.82) is 0 Å². The van der Waals surface area contributed by atoms with Crippen LogP contribution in [0, 0.1) is 5.92 Å². The maximum absolute atomic E-state index is 8.47. The predicted molar refractivity (Wildman–Crippen MR) is 63.7 cm³/mol. The molecule has 0 radical (unpaired) electrons. The monoisotopic (exact) mass is 229 g/mol. The average molecular weight is 229 g/mol. The van der Waals surface area contributed by atoms with E-state index in [0.717, 1.165) is 32.2 Å². The fraction of sp³-hybridized carbons (Fsp3) is 0.909. The summed E-state index contributed by atoms with van der Waals surface area (Å²) in [6.45, 7) is 3.58. The molecule has 1 fully saturated rings. The summed E-state index contributed by atoms with van der Waals surface area (Å²) < 4.78 is 5.08. The number of nitrogens with zero attached hydrogens (tertiary/aromatic N) is 2. The van der Waals surface area contributed by atoms with Crippen LogP contribution in [0.5, 0.6) is 0 Å². The standard InChI is InChI=1S/C11H23N3O2/c1-16-9-8-14(6-4-10-2-3-10)7-5-11(12)13-15/h10,15H,2-9H2,1H3,(H2,12,13). The van der Waals surface area contributed by atoms with Crippen LogP contribution in [-0.4, -0.2) is 49.3 Å². The van der Waals surface area contributed by atoms with E-state index in [9.17, 15) is 0 Å². The molecule has 0 saturated heterocycles. The van der Waals surface area contributed by atoms with E-state index in [2.05, 4.69) is 10.1 Å². The molecule has 0 spiro atoms. The number of oxime groups is 1. The molecule has 0 aliphatic heterocycles. The molecular weight excluding hydrogens is 206 g/mol. The molecule has 0 unspecified atom stereocenters. The highest BCUT2D eigenvalue weighted by Gasteiger charge is 2.21. The van der Waals surface area contributed by atoms with Gasteiger partial charge in [0, 0.05) is 26.6 Å². The van der Waals surface area contributed by atoms with E-state index < -0.39 is 0 Å². The van der Waals surface area contributed by atoms with Crippen LogP contribution in [0.4, 0.5) is 0 Å². The van der Waals surface area contributed by atoms with Crippen molar-refractivity contribution in [2.75, 3.05) is 33.4 Å². The van der Waals surface area contributed by atoms with E-state index in [1.807, 2.05) is 0 Å². The van der Waals surface area contributed by atoms with Crippen LogP contribution in [0.2, 0.25) is 0 Å². The first-order valence-corrected chi connectivity index (χ1v) is 5.94. The number of ether oxygens (including phenoxy) is 1. The van der Waals surface area contributed by atoms with Gasteiger partial charge >= 0.3 is 0 Å². The Morgan fingerprint density at radius 3 is 2.75 bits per heavy atom. The van der Waals surface area contributed by atoms with E-state index in [1.54, 1.807) is 7.11 Å². The van der Waals surface area contributed by atoms with Gasteiger partial charge in [-0.25, -0.2) is 0 Å². The second kappa shape index (κ2) is 7.46. The fourth-order valence-corrected chi connectivity index (χ4v) is 1.65. The normalized spacial score (nSPS) is 17.0. The Bertz CT molecular complexity index is 217. The van der Waals surface area contributed by atoms with Crippen molar-refractivity contribution in [3.63, 3.8) is 0 Å². The smallest absolute Gasteiger partial charge is 0.140 e. The first-order chi connectivity index (χ1) is 7.76. The quantitative estimate of drug-likeness (QED) is 0.266. The molecule has 1 aliphatic rings. The Hall–Kier alpha value is -0.810. The highest BCUT2D eigenvalue weighted by molar-refractivity contribution is 5.79. The van der Waals surface area contributed by atoms with Crippen molar-refractivity contribution in [3.05, 3.63) is 0 Å². The van der Waals surface area contributed by atoms with Crippen LogP contribution in [0.15, 0.2) is 5.16 Å². The number of nitrogens with two attached hydrogens (primary N) is 1. The lowest BCUT2D eigenvalue weighted by molar-refractivity contribution is 0.147. The van der Waals surface area contributed by atoms with E-state index in [4.69, 9.17) is 15.7 Å². The number of rotatable bonds is 9. The van der Waals surface area contributed by atoms with Crippen LogP contribution < -0.4 is 5.73 Å². The van der Waals surface area contributed by atoms with Crippen molar-refractivity contribution in [2.24, 2.45) is 16.8 Å².